The van der Waals surface area contributed by atoms with Crippen LogP contribution in [0.15, 0.2) is 18.2 Å². The first-order valence-electron chi connectivity index (χ1n) is 5.45. The molecule has 2 rings (SSSR count). The van der Waals surface area contributed by atoms with Crippen molar-refractivity contribution in [3.8, 4) is 0 Å². The molecule has 1 heterocycles. The van der Waals surface area contributed by atoms with E-state index >= 15 is 0 Å². The summed E-state index contributed by atoms with van der Waals surface area (Å²) in [5, 5.41) is 9.24. The lowest BCUT2D eigenvalue weighted by molar-refractivity contribution is -0.141. The summed E-state index contributed by atoms with van der Waals surface area (Å²) in [6.07, 6.45) is 0.630. The number of hydrogen-bond acceptors (Lipinski definition) is 2. The summed E-state index contributed by atoms with van der Waals surface area (Å²) in [5.41, 5.74) is 0.556. The van der Waals surface area contributed by atoms with Gasteiger partial charge in [0.2, 0.25) is 0 Å². The number of likely N-dealkylation sites (tertiary alicyclic amines) is 1. The Balaban J connectivity index is 2.00. The van der Waals surface area contributed by atoms with Gasteiger partial charge in [-0.05, 0) is 25.1 Å². The van der Waals surface area contributed by atoms with Gasteiger partial charge in [0, 0.05) is 23.7 Å². The highest BCUT2D eigenvalue weighted by Crippen LogP contribution is 2.21. The molecule has 1 aliphatic rings. The molecule has 1 atom stereocenters. The number of aliphatic carboxylic acids is 1. The fourth-order valence-electron chi connectivity index (χ4n) is 2.07. The van der Waals surface area contributed by atoms with Crippen LogP contribution in [0.1, 0.15) is 12.0 Å². The minimum Gasteiger partial charge on any atom is -0.481 e. The third-order valence-corrected chi connectivity index (χ3v) is 3.27. The second kappa shape index (κ2) is 5.02. The van der Waals surface area contributed by atoms with Crippen molar-refractivity contribution in [2.75, 3.05) is 13.1 Å². The normalized spacial score (nSPS) is 20.7. The first-order chi connectivity index (χ1) is 8.06. The molecule has 0 aliphatic carbocycles. The first-order valence-corrected chi connectivity index (χ1v) is 5.83. The van der Waals surface area contributed by atoms with Gasteiger partial charge in [-0.25, -0.2) is 4.39 Å². The van der Waals surface area contributed by atoms with Crippen LogP contribution in [-0.4, -0.2) is 29.1 Å². The summed E-state index contributed by atoms with van der Waals surface area (Å²) in [6.45, 7) is 1.61. The van der Waals surface area contributed by atoms with Gasteiger partial charge < -0.3 is 5.11 Å². The first kappa shape index (κ1) is 12.3. The van der Waals surface area contributed by atoms with Crippen LogP contribution in [0.2, 0.25) is 5.02 Å². The SMILES string of the molecule is O=C(O)C1CCN(Cc2ccc(Cl)cc2F)C1. The molecule has 1 aliphatic heterocycles. The minimum absolute atomic E-state index is 0.328. The van der Waals surface area contributed by atoms with Gasteiger partial charge in [0.05, 0.1) is 5.92 Å². The Kier molecular flexibility index (Phi) is 3.64. The van der Waals surface area contributed by atoms with E-state index in [-0.39, 0.29) is 11.7 Å². The predicted octanol–water partition coefficient (Wildman–Crippen LogP) is 2.39. The molecule has 0 spiro atoms. The van der Waals surface area contributed by atoms with E-state index in [4.69, 9.17) is 16.7 Å². The molecule has 1 N–H and O–H groups in total. The van der Waals surface area contributed by atoms with Gasteiger partial charge in [-0.2, -0.15) is 0 Å². The topological polar surface area (TPSA) is 40.5 Å². The Morgan fingerprint density at radius 3 is 2.94 bits per heavy atom. The maximum Gasteiger partial charge on any atom is 0.307 e. The van der Waals surface area contributed by atoms with Crippen molar-refractivity contribution in [1.29, 1.82) is 0 Å². The van der Waals surface area contributed by atoms with E-state index in [2.05, 4.69) is 0 Å². The lowest BCUT2D eigenvalue weighted by Gasteiger charge is -2.15. The standard InChI is InChI=1S/C12H13ClFNO2/c13-10-2-1-8(11(14)5-10)6-15-4-3-9(7-15)12(16)17/h1-2,5,9H,3-4,6-7H2,(H,16,17). The van der Waals surface area contributed by atoms with Crippen molar-refractivity contribution in [3.05, 3.63) is 34.6 Å². The van der Waals surface area contributed by atoms with Crippen LogP contribution in [0.4, 0.5) is 4.39 Å². The van der Waals surface area contributed by atoms with Crippen LogP contribution in [0.5, 0.6) is 0 Å². The maximum absolute atomic E-state index is 13.5. The number of benzene rings is 1. The second-order valence-corrected chi connectivity index (χ2v) is 4.73. The van der Waals surface area contributed by atoms with Gasteiger partial charge in [-0.1, -0.05) is 17.7 Å². The molecule has 5 heteroatoms. The number of halogens is 2. The largest absolute Gasteiger partial charge is 0.481 e. The zero-order chi connectivity index (χ0) is 12.4. The van der Waals surface area contributed by atoms with Crippen LogP contribution in [0.25, 0.3) is 0 Å². The Morgan fingerprint density at radius 1 is 1.59 bits per heavy atom. The van der Waals surface area contributed by atoms with E-state index in [0.717, 1.165) is 0 Å². The summed E-state index contributed by atoms with van der Waals surface area (Å²) in [4.78, 5) is 12.7. The van der Waals surface area contributed by atoms with Gasteiger partial charge in [0.15, 0.2) is 0 Å². The Labute approximate surface area is 104 Å². The Morgan fingerprint density at radius 2 is 2.35 bits per heavy atom. The number of nitrogens with zero attached hydrogens (tertiary/aromatic N) is 1. The van der Waals surface area contributed by atoms with Crippen LogP contribution < -0.4 is 0 Å². The molecule has 0 saturated carbocycles. The molecule has 1 aromatic rings. The summed E-state index contributed by atoms with van der Waals surface area (Å²) in [6, 6.07) is 4.57. The van der Waals surface area contributed by atoms with Crippen molar-refractivity contribution in [2.24, 2.45) is 5.92 Å². The third kappa shape index (κ3) is 2.96. The molecule has 1 aromatic carbocycles. The highest BCUT2D eigenvalue weighted by atomic mass is 35.5. The molecule has 1 saturated heterocycles. The van der Waals surface area contributed by atoms with E-state index < -0.39 is 5.97 Å². The maximum atomic E-state index is 13.5. The van der Waals surface area contributed by atoms with E-state index in [1.807, 2.05) is 4.90 Å². The summed E-state index contributed by atoms with van der Waals surface area (Å²) < 4.78 is 13.5. The Hall–Kier alpha value is -1.13. The highest BCUT2D eigenvalue weighted by Gasteiger charge is 2.28. The van der Waals surface area contributed by atoms with Crippen molar-refractivity contribution in [3.63, 3.8) is 0 Å². The lowest BCUT2D eigenvalue weighted by Crippen LogP contribution is -2.23. The number of hydrogen-bond donors (Lipinski definition) is 1. The van der Waals surface area contributed by atoms with Crippen LogP contribution in [0, 0.1) is 11.7 Å². The van der Waals surface area contributed by atoms with Crippen LogP contribution in [-0.2, 0) is 11.3 Å². The van der Waals surface area contributed by atoms with E-state index in [1.54, 1.807) is 12.1 Å². The fraction of sp³-hybridized carbons (Fsp3) is 0.417. The van der Waals surface area contributed by atoms with E-state index in [0.29, 0.717) is 36.6 Å². The highest BCUT2D eigenvalue weighted by molar-refractivity contribution is 6.30. The molecule has 92 valence electrons. The fourth-order valence-corrected chi connectivity index (χ4v) is 2.23. The van der Waals surface area contributed by atoms with Gasteiger partial charge >= 0.3 is 5.97 Å². The summed E-state index contributed by atoms with van der Waals surface area (Å²) in [5.74, 6) is -1.44. The van der Waals surface area contributed by atoms with Crippen molar-refractivity contribution < 1.29 is 14.3 Å². The van der Waals surface area contributed by atoms with Gasteiger partial charge in [-0.15, -0.1) is 0 Å². The molecule has 0 radical (unpaired) electrons. The Bertz CT molecular complexity index is 439. The molecule has 0 amide bonds. The average Bonchev–Trinajstić information content (AvgIpc) is 2.71. The molecular formula is C12H13ClFNO2. The summed E-state index contributed by atoms with van der Waals surface area (Å²) >= 11 is 5.67. The second-order valence-electron chi connectivity index (χ2n) is 4.29. The molecular weight excluding hydrogens is 245 g/mol. The third-order valence-electron chi connectivity index (χ3n) is 3.03. The van der Waals surface area contributed by atoms with Gasteiger partial charge in [0.25, 0.3) is 0 Å². The molecule has 0 bridgehead atoms. The van der Waals surface area contributed by atoms with Crippen molar-refractivity contribution in [1.82, 2.24) is 4.90 Å². The number of carbonyl (C=O) groups is 1. The smallest absolute Gasteiger partial charge is 0.307 e. The predicted molar refractivity (Wildman–Crippen MR) is 62.4 cm³/mol. The number of carboxylic acid groups (broad SMARTS) is 1. The zero-order valence-electron chi connectivity index (χ0n) is 9.20. The lowest BCUT2D eigenvalue weighted by atomic mass is 10.1. The van der Waals surface area contributed by atoms with Crippen LogP contribution >= 0.6 is 11.6 Å². The minimum atomic E-state index is -0.774. The molecule has 3 nitrogen and oxygen atoms in total. The van der Waals surface area contributed by atoms with Crippen molar-refractivity contribution in [2.45, 2.75) is 13.0 Å². The van der Waals surface area contributed by atoms with E-state index in [1.165, 1.54) is 6.07 Å². The van der Waals surface area contributed by atoms with Gasteiger partial charge in [-0.3, -0.25) is 9.69 Å². The summed E-state index contributed by atoms with van der Waals surface area (Å²) in [7, 11) is 0. The average molecular weight is 258 g/mol. The van der Waals surface area contributed by atoms with E-state index in [9.17, 15) is 9.18 Å². The van der Waals surface area contributed by atoms with Crippen LogP contribution in [0.3, 0.4) is 0 Å². The monoisotopic (exact) mass is 257 g/mol. The molecule has 0 aromatic heterocycles. The molecule has 1 unspecified atom stereocenters. The quantitative estimate of drug-likeness (QED) is 0.904. The van der Waals surface area contributed by atoms with Gasteiger partial charge in [0.1, 0.15) is 5.82 Å². The zero-order valence-corrected chi connectivity index (χ0v) is 9.95. The molecule has 1 fully saturated rings. The number of carboxylic acids is 1. The number of rotatable bonds is 3. The molecule has 17 heavy (non-hydrogen) atoms. The van der Waals surface area contributed by atoms with Crippen molar-refractivity contribution >= 4 is 17.6 Å².